The van der Waals surface area contributed by atoms with Gasteiger partial charge in [0.05, 0.1) is 12.1 Å². The standard InChI is InChI=1S/C31H34N2/c1-30(2,3)24-11-7-20(8-12-24)26-15-22(18-32)29-17-28(26)23(19-33)16-27(29)21-9-13-25(14-10-21)31(4,5)6/h7-16,26-29H,17H2,1-6H3/t26-,27-,28-,29-/m1/s1. The van der Waals surface area contributed by atoms with Gasteiger partial charge in [0.1, 0.15) is 0 Å². The minimum absolute atomic E-state index is 0.0695. The van der Waals surface area contributed by atoms with Gasteiger partial charge < -0.3 is 0 Å². The number of fused-ring (bicyclic) bond motifs is 2. The summed E-state index contributed by atoms with van der Waals surface area (Å²) in [5, 5.41) is 20.1. The summed E-state index contributed by atoms with van der Waals surface area (Å²) in [6, 6.07) is 22.5. The van der Waals surface area contributed by atoms with E-state index < -0.39 is 0 Å². The van der Waals surface area contributed by atoms with E-state index in [2.05, 4.69) is 114 Å². The Morgan fingerprint density at radius 1 is 0.606 bits per heavy atom. The quantitative estimate of drug-likeness (QED) is 0.486. The van der Waals surface area contributed by atoms with Crippen LogP contribution in [0.3, 0.4) is 0 Å². The normalized spacial score (nSPS) is 24.8. The first-order valence-corrected chi connectivity index (χ1v) is 12.0. The molecule has 2 aromatic carbocycles. The van der Waals surface area contributed by atoms with Crippen LogP contribution in [-0.2, 0) is 10.8 Å². The van der Waals surface area contributed by atoms with Crippen LogP contribution in [-0.4, -0.2) is 0 Å². The Kier molecular flexibility index (Phi) is 5.84. The van der Waals surface area contributed by atoms with E-state index in [4.69, 9.17) is 0 Å². The first-order valence-electron chi connectivity index (χ1n) is 12.0. The lowest BCUT2D eigenvalue weighted by atomic mass is 9.61. The molecule has 0 fully saturated rings. The lowest BCUT2D eigenvalue weighted by Gasteiger charge is -2.41. The summed E-state index contributed by atoms with van der Waals surface area (Å²) < 4.78 is 0. The van der Waals surface area contributed by atoms with E-state index in [-0.39, 0.29) is 34.5 Å². The van der Waals surface area contributed by atoms with Crippen LogP contribution in [0.2, 0.25) is 0 Å². The summed E-state index contributed by atoms with van der Waals surface area (Å²) >= 11 is 0. The van der Waals surface area contributed by atoms with Crippen LogP contribution in [0.4, 0.5) is 0 Å². The van der Waals surface area contributed by atoms with Crippen molar-refractivity contribution in [3.63, 3.8) is 0 Å². The van der Waals surface area contributed by atoms with E-state index in [0.29, 0.717) is 0 Å². The Labute approximate surface area is 199 Å². The molecule has 0 radical (unpaired) electrons. The minimum atomic E-state index is 0.0695. The maximum atomic E-state index is 10.1. The molecule has 33 heavy (non-hydrogen) atoms. The van der Waals surface area contributed by atoms with E-state index in [1.807, 2.05) is 0 Å². The van der Waals surface area contributed by atoms with Gasteiger partial charge in [0, 0.05) is 34.8 Å². The molecule has 2 heteroatoms. The predicted molar refractivity (Wildman–Crippen MR) is 135 cm³/mol. The molecule has 0 amide bonds. The van der Waals surface area contributed by atoms with Crippen molar-refractivity contribution < 1.29 is 0 Å². The molecule has 0 spiro atoms. The number of benzene rings is 2. The summed E-state index contributed by atoms with van der Waals surface area (Å²) in [4.78, 5) is 0. The van der Waals surface area contributed by atoms with E-state index >= 15 is 0 Å². The molecule has 0 aromatic heterocycles. The average molecular weight is 435 g/mol. The van der Waals surface area contributed by atoms with E-state index in [1.54, 1.807) is 0 Å². The highest BCUT2D eigenvalue weighted by atomic mass is 14.5. The van der Waals surface area contributed by atoms with Crippen molar-refractivity contribution in [2.45, 2.75) is 70.6 Å². The van der Waals surface area contributed by atoms with Crippen LogP contribution >= 0.6 is 0 Å². The summed E-state index contributed by atoms with van der Waals surface area (Å²) in [7, 11) is 0. The fourth-order valence-electron chi connectivity index (χ4n) is 5.38. The van der Waals surface area contributed by atoms with Gasteiger partial charge in [0.15, 0.2) is 0 Å². The molecule has 2 aliphatic rings. The van der Waals surface area contributed by atoms with Gasteiger partial charge >= 0.3 is 0 Å². The number of hydrogen-bond acceptors (Lipinski definition) is 2. The molecule has 0 heterocycles. The van der Waals surface area contributed by atoms with Crippen LogP contribution in [0.15, 0.2) is 71.8 Å². The zero-order valence-corrected chi connectivity index (χ0v) is 20.7. The van der Waals surface area contributed by atoms with Crippen molar-refractivity contribution in [1.82, 2.24) is 0 Å². The Hall–Kier alpha value is -3.10. The van der Waals surface area contributed by atoms with Crippen LogP contribution in [0.25, 0.3) is 0 Å². The zero-order chi connectivity index (χ0) is 24.0. The smallest absolute Gasteiger partial charge is 0.0947 e. The van der Waals surface area contributed by atoms with Crippen LogP contribution in [0.5, 0.6) is 0 Å². The molecule has 0 saturated heterocycles. The Morgan fingerprint density at radius 3 is 1.21 bits per heavy atom. The summed E-state index contributed by atoms with van der Waals surface area (Å²) in [6.45, 7) is 13.3. The topological polar surface area (TPSA) is 47.6 Å². The summed E-state index contributed by atoms with van der Waals surface area (Å²) in [5.74, 6) is 0.394. The second-order valence-corrected chi connectivity index (χ2v) is 11.7. The van der Waals surface area contributed by atoms with Gasteiger partial charge in [-0.3, -0.25) is 0 Å². The van der Waals surface area contributed by atoms with Crippen molar-refractivity contribution in [3.8, 4) is 12.1 Å². The second-order valence-electron chi connectivity index (χ2n) is 11.7. The third-order valence-corrected chi connectivity index (χ3v) is 7.47. The van der Waals surface area contributed by atoms with E-state index in [1.165, 1.54) is 22.3 Å². The van der Waals surface area contributed by atoms with Crippen LogP contribution < -0.4 is 0 Å². The molecule has 0 N–H and O–H groups in total. The molecule has 4 rings (SSSR count). The van der Waals surface area contributed by atoms with Gasteiger partial charge in [0.25, 0.3) is 0 Å². The highest BCUT2D eigenvalue weighted by Gasteiger charge is 2.41. The van der Waals surface area contributed by atoms with Crippen LogP contribution in [0.1, 0.15) is 82.1 Å². The molecule has 0 aliphatic heterocycles. The average Bonchev–Trinajstić information content (AvgIpc) is 2.78. The van der Waals surface area contributed by atoms with Crippen molar-refractivity contribution in [3.05, 3.63) is 94.1 Å². The zero-order valence-electron chi connectivity index (χ0n) is 20.7. The maximum absolute atomic E-state index is 10.1. The van der Waals surface area contributed by atoms with Crippen molar-refractivity contribution in [2.24, 2.45) is 11.8 Å². The second kappa shape index (κ2) is 8.35. The molecular weight excluding hydrogens is 400 g/mol. The fraction of sp³-hybridized carbons (Fsp3) is 0.419. The lowest BCUT2D eigenvalue weighted by molar-refractivity contribution is 0.357. The molecule has 2 bridgehead atoms. The van der Waals surface area contributed by atoms with E-state index in [9.17, 15) is 10.5 Å². The Morgan fingerprint density at radius 2 is 0.939 bits per heavy atom. The molecule has 4 atom stereocenters. The Bertz CT molecular complexity index is 1070. The number of allylic oxidation sites excluding steroid dienone is 4. The molecule has 2 nitrogen and oxygen atoms in total. The number of hydrogen-bond donors (Lipinski definition) is 0. The maximum Gasteiger partial charge on any atom is 0.0947 e. The van der Waals surface area contributed by atoms with Crippen LogP contribution in [0, 0.1) is 34.5 Å². The van der Waals surface area contributed by atoms with Crippen molar-refractivity contribution in [1.29, 1.82) is 10.5 Å². The first-order chi connectivity index (χ1) is 15.5. The van der Waals surface area contributed by atoms with Gasteiger partial charge in [-0.05, 0) is 39.5 Å². The number of nitriles is 2. The van der Waals surface area contributed by atoms with Crippen molar-refractivity contribution in [2.75, 3.05) is 0 Å². The summed E-state index contributed by atoms with van der Waals surface area (Å²) in [6.07, 6.45) is 5.13. The first kappa shape index (κ1) is 23.1. The van der Waals surface area contributed by atoms with Gasteiger partial charge in [-0.15, -0.1) is 0 Å². The molecule has 2 aliphatic carbocycles. The van der Waals surface area contributed by atoms with Crippen molar-refractivity contribution >= 4 is 0 Å². The highest BCUT2D eigenvalue weighted by Crippen LogP contribution is 2.51. The number of rotatable bonds is 2. The minimum Gasteiger partial charge on any atom is -0.193 e. The lowest BCUT2D eigenvalue weighted by Crippen LogP contribution is -2.31. The van der Waals surface area contributed by atoms with E-state index in [0.717, 1.165) is 17.6 Å². The molecule has 2 aromatic rings. The monoisotopic (exact) mass is 434 g/mol. The largest absolute Gasteiger partial charge is 0.193 e. The third-order valence-electron chi connectivity index (χ3n) is 7.47. The highest BCUT2D eigenvalue weighted by molar-refractivity contribution is 5.48. The molecule has 0 unspecified atom stereocenters. The number of nitrogens with zero attached hydrogens (tertiary/aromatic N) is 2. The van der Waals surface area contributed by atoms with Gasteiger partial charge in [-0.2, -0.15) is 10.5 Å². The molecule has 0 saturated carbocycles. The molecular formula is C31H34N2. The third kappa shape index (κ3) is 4.41. The summed E-state index contributed by atoms with van der Waals surface area (Å²) in [5.41, 5.74) is 6.88. The van der Waals surface area contributed by atoms with Gasteiger partial charge in [-0.1, -0.05) is 102 Å². The SMILES string of the molecule is CC(C)(C)c1ccc([C@H]2C=C(C#N)[C@H]3C[C@@H]2C(C#N)=C[C@@H]3c2ccc(C(C)(C)C)cc2)cc1. The molecule has 168 valence electrons. The van der Waals surface area contributed by atoms with Gasteiger partial charge in [-0.25, -0.2) is 0 Å². The predicted octanol–water partition coefficient (Wildman–Crippen LogP) is 7.70. The Balaban J connectivity index is 1.71. The van der Waals surface area contributed by atoms with Gasteiger partial charge in [0.2, 0.25) is 0 Å². The fourth-order valence-corrected chi connectivity index (χ4v) is 5.38.